The van der Waals surface area contributed by atoms with E-state index in [1.807, 2.05) is 19.1 Å². The van der Waals surface area contributed by atoms with Gasteiger partial charge in [-0.05, 0) is 54.2 Å². The molecule has 1 rings (SSSR count). The normalized spacial score (nSPS) is 12.8. The molecule has 1 atom stereocenters. The van der Waals surface area contributed by atoms with Crippen molar-refractivity contribution in [2.45, 2.75) is 46.0 Å². The third-order valence-electron chi connectivity index (χ3n) is 3.11. The Balaban J connectivity index is 3.28. The number of thiol groups is 1. The van der Waals surface area contributed by atoms with Crippen molar-refractivity contribution < 1.29 is 4.74 Å². The van der Waals surface area contributed by atoms with Gasteiger partial charge in [-0.2, -0.15) is 12.6 Å². The Morgan fingerprint density at radius 2 is 1.83 bits per heavy atom. The lowest BCUT2D eigenvalue weighted by Gasteiger charge is -2.21. The Kier molecular flexibility index (Phi) is 6.37. The first-order valence-corrected chi connectivity index (χ1v) is 7.59. The van der Waals surface area contributed by atoms with E-state index in [0.717, 1.165) is 22.9 Å². The molecule has 0 aliphatic heterocycles. The van der Waals surface area contributed by atoms with E-state index in [4.69, 9.17) is 16.3 Å². The second-order valence-corrected chi connectivity index (χ2v) is 5.80. The predicted octanol–water partition coefficient (Wildman–Crippen LogP) is 5.29. The second kappa shape index (κ2) is 7.30. The van der Waals surface area contributed by atoms with Gasteiger partial charge < -0.3 is 4.74 Å². The van der Waals surface area contributed by atoms with Crippen LogP contribution in [-0.2, 0) is 0 Å². The van der Waals surface area contributed by atoms with Crippen molar-refractivity contribution >= 4 is 24.2 Å². The van der Waals surface area contributed by atoms with E-state index in [2.05, 4.69) is 33.4 Å². The van der Waals surface area contributed by atoms with Crippen molar-refractivity contribution in [1.29, 1.82) is 0 Å². The summed E-state index contributed by atoms with van der Waals surface area (Å²) in [6.45, 7) is 9.24. The summed E-state index contributed by atoms with van der Waals surface area (Å²) in [4.78, 5) is 0. The molecule has 1 nitrogen and oxygen atoms in total. The number of hydrogen-bond donors (Lipinski definition) is 1. The Morgan fingerprint density at radius 1 is 1.22 bits per heavy atom. The minimum atomic E-state index is 0.409. The molecule has 0 N–H and O–H groups in total. The highest BCUT2D eigenvalue weighted by Crippen LogP contribution is 2.38. The summed E-state index contributed by atoms with van der Waals surface area (Å²) >= 11 is 10.6. The van der Waals surface area contributed by atoms with Crippen molar-refractivity contribution in [3.8, 4) is 5.75 Å². The fourth-order valence-corrected chi connectivity index (χ4v) is 2.71. The van der Waals surface area contributed by atoms with Crippen LogP contribution in [0.5, 0.6) is 5.75 Å². The first-order valence-electron chi connectivity index (χ1n) is 6.58. The van der Waals surface area contributed by atoms with Gasteiger partial charge >= 0.3 is 0 Å². The van der Waals surface area contributed by atoms with Crippen LogP contribution in [-0.4, -0.2) is 12.4 Å². The molecule has 0 amide bonds. The van der Waals surface area contributed by atoms with Crippen LogP contribution in [0.25, 0.3) is 0 Å². The first kappa shape index (κ1) is 15.7. The van der Waals surface area contributed by atoms with Crippen LogP contribution in [0.1, 0.15) is 57.1 Å². The summed E-state index contributed by atoms with van der Waals surface area (Å²) in [6.07, 6.45) is 1.03. The largest absolute Gasteiger partial charge is 0.493 e. The maximum Gasteiger partial charge on any atom is 0.126 e. The number of ether oxygens (including phenoxy) is 1. The maximum atomic E-state index is 6.24. The van der Waals surface area contributed by atoms with E-state index < -0.39 is 0 Å². The molecule has 0 aliphatic carbocycles. The summed E-state index contributed by atoms with van der Waals surface area (Å²) in [5.41, 5.74) is 2.41. The molecule has 1 unspecified atom stereocenters. The summed E-state index contributed by atoms with van der Waals surface area (Å²) < 4.78 is 5.87. The van der Waals surface area contributed by atoms with E-state index in [0.29, 0.717) is 18.4 Å². The summed E-state index contributed by atoms with van der Waals surface area (Å²) in [5, 5.41) is 0.795. The molecule has 0 bridgehead atoms. The first-order chi connectivity index (χ1) is 8.51. The van der Waals surface area contributed by atoms with Gasteiger partial charge in [0.15, 0.2) is 0 Å². The maximum absolute atomic E-state index is 6.24. The average molecular weight is 287 g/mol. The SMILES string of the molecule is CCOc1c(C(C)C)cc(Cl)cc1C(C)CCS. The van der Waals surface area contributed by atoms with Crippen LogP contribution in [0.3, 0.4) is 0 Å². The molecule has 0 aromatic heterocycles. The van der Waals surface area contributed by atoms with E-state index >= 15 is 0 Å². The standard InChI is InChI=1S/C15H23ClOS/c1-5-17-15-13(10(2)3)8-12(16)9-14(15)11(4)6-7-18/h8-11,18H,5-7H2,1-4H3. The minimum absolute atomic E-state index is 0.409. The Morgan fingerprint density at radius 3 is 2.33 bits per heavy atom. The van der Waals surface area contributed by atoms with E-state index in [1.165, 1.54) is 11.1 Å². The quantitative estimate of drug-likeness (QED) is 0.700. The molecule has 0 aliphatic rings. The Bertz CT molecular complexity index is 390. The number of hydrogen-bond acceptors (Lipinski definition) is 2. The second-order valence-electron chi connectivity index (χ2n) is 4.91. The highest BCUT2D eigenvalue weighted by Gasteiger charge is 2.18. The molecule has 0 saturated carbocycles. The van der Waals surface area contributed by atoms with Gasteiger partial charge in [0.2, 0.25) is 0 Å². The molecule has 0 radical (unpaired) electrons. The van der Waals surface area contributed by atoms with E-state index in [9.17, 15) is 0 Å². The average Bonchev–Trinajstić information content (AvgIpc) is 2.31. The summed E-state index contributed by atoms with van der Waals surface area (Å²) in [6, 6.07) is 4.06. The Labute approximate surface area is 121 Å². The Hall–Kier alpha value is -0.340. The van der Waals surface area contributed by atoms with Gasteiger partial charge in [-0.3, -0.25) is 0 Å². The highest BCUT2D eigenvalue weighted by atomic mass is 35.5. The van der Waals surface area contributed by atoms with Gasteiger partial charge in [0.05, 0.1) is 6.61 Å². The fourth-order valence-electron chi connectivity index (χ4n) is 2.09. The van der Waals surface area contributed by atoms with Crippen LogP contribution in [0.4, 0.5) is 0 Å². The van der Waals surface area contributed by atoms with Gasteiger partial charge in [-0.15, -0.1) is 0 Å². The van der Waals surface area contributed by atoms with Crippen LogP contribution in [0, 0.1) is 0 Å². The van der Waals surface area contributed by atoms with Crippen molar-refractivity contribution in [1.82, 2.24) is 0 Å². The predicted molar refractivity (Wildman–Crippen MR) is 83.6 cm³/mol. The van der Waals surface area contributed by atoms with Crippen LogP contribution in [0.2, 0.25) is 5.02 Å². The highest BCUT2D eigenvalue weighted by molar-refractivity contribution is 7.80. The number of rotatable bonds is 6. The lowest BCUT2D eigenvalue weighted by atomic mass is 9.91. The monoisotopic (exact) mass is 286 g/mol. The van der Waals surface area contributed by atoms with Crippen molar-refractivity contribution in [2.75, 3.05) is 12.4 Å². The molecule has 0 spiro atoms. The van der Waals surface area contributed by atoms with Crippen molar-refractivity contribution in [3.63, 3.8) is 0 Å². The van der Waals surface area contributed by atoms with Crippen molar-refractivity contribution in [2.24, 2.45) is 0 Å². The molecule has 1 aromatic carbocycles. The molecule has 0 heterocycles. The molecule has 3 heteroatoms. The molecular weight excluding hydrogens is 264 g/mol. The number of halogens is 1. The smallest absolute Gasteiger partial charge is 0.126 e. The third kappa shape index (κ3) is 3.83. The fraction of sp³-hybridized carbons (Fsp3) is 0.600. The van der Waals surface area contributed by atoms with E-state index in [-0.39, 0.29) is 0 Å². The molecular formula is C15H23ClOS. The number of benzene rings is 1. The molecule has 0 saturated heterocycles. The van der Waals surface area contributed by atoms with Gasteiger partial charge in [0, 0.05) is 5.02 Å². The zero-order chi connectivity index (χ0) is 13.7. The van der Waals surface area contributed by atoms with Gasteiger partial charge in [0.25, 0.3) is 0 Å². The lowest BCUT2D eigenvalue weighted by Crippen LogP contribution is -2.05. The van der Waals surface area contributed by atoms with Gasteiger partial charge in [-0.25, -0.2) is 0 Å². The van der Waals surface area contributed by atoms with Crippen molar-refractivity contribution in [3.05, 3.63) is 28.3 Å². The minimum Gasteiger partial charge on any atom is -0.493 e. The van der Waals surface area contributed by atoms with Gasteiger partial charge in [-0.1, -0.05) is 32.4 Å². The molecule has 102 valence electrons. The van der Waals surface area contributed by atoms with Gasteiger partial charge in [0.1, 0.15) is 5.75 Å². The van der Waals surface area contributed by atoms with Crippen LogP contribution >= 0.6 is 24.2 Å². The van der Waals surface area contributed by atoms with Crippen LogP contribution < -0.4 is 4.74 Å². The molecule has 0 fully saturated rings. The molecule has 18 heavy (non-hydrogen) atoms. The van der Waals surface area contributed by atoms with Crippen LogP contribution in [0.15, 0.2) is 12.1 Å². The molecule has 1 aromatic rings. The summed E-state index contributed by atoms with van der Waals surface area (Å²) in [5.74, 6) is 2.72. The third-order valence-corrected chi connectivity index (χ3v) is 3.59. The topological polar surface area (TPSA) is 9.23 Å². The van der Waals surface area contributed by atoms with E-state index in [1.54, 1.807) is 0 Å². The lowest BCUT2D eigenvalue weighted by molar-refractivity contribution is 0.329. The summed E-state index contributed by atoms with van der Waals surface area (Å²) in [7, 11) is 0. The zero-order valence-corrected chi connectivity index (χ0v) is 13.3. The zero-order valence-electron chi connectivity index (χ0n) is 11.7.